The Morgan fingerprint density at radius 1 is 1.55 bits per heavy atom. The van der Waals surface area contributed by atoms with Crippen molar-refractivity contribution in [2.24, 2.45) is 5.73 Å². The Morgan fingerprint density at radius 2 is 2.30 bits per heavy atom. The molecule has 2 atom stereocenters. The number of piperidine rings is 1. The van der Waals surface area contributed by atoms with Crippen LogP contribution in [0.2, 0.25) is 0 Å². The maximum absolute atomic E-state index is 11.4. The molecule has 0 saturated carbocycles. The van der Waals surface area contributed by atoms with E-state index in [0.717, 1.165) is 19.4 Å². The molecule has 2 unspecified atom stereocenters. The van der Waals surface area contributed by atoms with Crippen molar-refractivity contribution >= 4 is 11.4 Å². The Balaban J connectivity index is 2.40. The van der Waals surface area contributed by atoms with E-state index in [1.54, 1.807) is 18.2 Å². The number of para-hydroxylation sites is 1. The van der Waals surface area contributed by atoms with Crippen LogP contribution in [0.4, 0.5) is 11.4 Å². The van der Waals surface area contributed by atoms with Gasteiger partial charge in [0.05, 0.1) is 11.5 Å². The Labute approximate surface area is 118 Å². The summed E-state index contributed by atoms with van der Waals surface area (Å²) in [6, 6.07) is 5.60. The van der Waals surface area contributed by atoms with Crippen molar-refractivity contribution in [3.05, 3.63) is 28.3 Å². The second-order valence-electron chi connectivity index (χ2n) is 5.14. The third-order valence-electron chi connectivity index (χ3n) is 3.69. The number of nitrogens with zero attached hydrogens (tertiary/aromatic N) is 2. The fourth-order valence-electron chi connectivity index (χ4n) is 2.76. The molecule has 0 spiro atoms. The van der Waals surface area contributed by atoms with E-state index in [1.807, 2.05) is 6.92 Å². The summed E-state index contributed by atoms with van der Waals surface area (Å²) in [7, 11) is 0. The zero-order chi connectivity index (χ0) is 14.7. The quantitative estimate of drug-likeness (QED) is 0.675. The molecule has 110 valence electrons. The normalized spacial score (nSPS) is 22.6. The summed E-state index contributed by atoms with van der Waals surface area (Å²) in [5.74, 6) is 0.331. The van der Waals surface area contributed by atoms with Crippen LogP contribution in [0.15, 0.2) is 18.2 Å². The summed E-state index contributed by atoms with van der Waals surface area (Å²) < 4.78 is 5.39. The van der Waals surface area contributed by atoms with Crippen molar-refractivity contribution in [1.82, 2.24) is 0 Å². The topological polar surface area (TPSA) is 81.6 Å². The summed E-state index contributed by atoms with van der Waals surface area (Å²) in [5, 5.41) is 11.4. The summed E-state index contributed by atoms with van der Waals surface area (Å²) in [5.41, 5.74) is 6.63. The van der Waals surface area contributed by atoms with Gasteiger partial charge in [-0.2, -0.15) is 0 Å². The molecule has 2 rings (SSSR count). The Bertz CT molecular complexity index is 493. The van der Waals surface area contributed by atoms with Gasteiger partial charge in [0.1, 0.15) is 5.69 Å². The van der Waals surface area contributed by atoms with Gasteiger partial charge >= 0.3 is 5.69 Å². The third-order valence-corrected chi connectivity index (χ3v) is 3.69. The standard InChI is InChI=1S/C14H21N3O3/c1-3-20-13-6-4-5-12(14(13)17(18)19)16-8-7-11(15)9-10(16)2/h4-6,10-11H,3,7-9,15H2,1-2H3. The maximum atomic E-state index is 11.4. The van der Waals surface area contributed by atoms with Crippen molar-refractivity contribution < 1.29 is 9.66 Å². The van der Waals surface area contributed by atoms with Crippen molar-refractivity contribution in [3.63, 3.8) is 0 Å². The van der Waals surface area contributed by atoms with Gasteiger partial charge < -0.3 is 15.4 Å². The van der Waals surface area contributed by atoms with Crippen LogP contribution in [0.25, 0.3) is 0 Å². The van der Waals surface area contributed by atoms with Gasteiger partial charge in [-0.25, -0.2) is 0 Å². The second kappa shape index (κ2) is 6.09. The molecule has 0 bridgehead atoms. The van der Waals surface area contributed by atoms with Crippen LogP contribution in [0.3, 0.4) is 0 Å². The predicted octanol–water partition coefficient (Wildman–Crippen LogP) is 2.31. The molecule has 6 heteroatoms. The lowest BCUT2D eigenvalue weighted by molar-refractivity contribution is -0.385. The summed E-state index contributed by atoms with van der Waals surface area (Å²) in [6.45, 7) is 5.01. The van der Waals surface area contributed by atoms with Gasteiger partial charge in [0.2, 0.25) is 0 Å². The van der Waals surface area contributed by atoms with E-state index in [2.05, 4.69) is 11.8 Å². The monoisotopic (exact) mass is 279 g/mol. The molecule has 1 heterocycles. The van der Waals surface area contributed by atoms with Crippen LogP contribution < -0.4 is 15.4 Å². The van der Waals surface area contributed by atoms with E-state index in [1.165, 1.54) is 0 Å². The van der Waals surface area contributed by atoms with E-state index in [-0.39, 0.29) is 22.7 Å². The summed E-state index contributed by atoms with van der Waals surface area (Å²) >= 11 is 0. The molecule has 20 heavy (non-hydrogen) atoms. The van der Waals surface area contributed by atoms with Gasteiger partial charge in [0, 0.05) is 18.6 Å². The van der Waals surface area contributed by atoms with Crippen LogP contribution in [0.5, 0.6) is 5.75 Å². The zero-order valence-electron chi connectivity index (χ0n) is 11.9. The predicted molar refractivity (Wildman–Crippen MR) is 78.3 cm³/mol. The minimum atomic E-state index is -0.360. The number of anilines is 1. The van der Waals surface area contributed by atoms with Gasteiger partial charge in [-0.05, 0) is 38.8 Å². The average Bonchev–Trinajstić information content (AvgIpc) is 2.38. The highest BCUT2D eigenvalue weighted by Gasteiger charge is 2.30. The van der Waals surface area contributed by atoms with Crippen molar-refractivity contribution in [1.29, 1.82) is 0 Å². The lowest BCUT2D eigenvalue weighted by Crippen LogP contribution is -2.45. The Hall–Kier alpha value is -1.82. The first kappa shape index (κ1) is 14.6. The summed E-state index contributed by atoms with van der Waals surface area (Å²) in [4.78, 5) is 13.1. The largest absolute Gasteiger partial charge is 0.487 e. The third kappa shape index (κ3) is 2.85. The molecule has 1 saturated heterocycles. The number of hydrogen-bond donors (Lipinski definition) is 1. The van der Waals surface area contributed by atoms with Crippen molar-refractivity contribution in [2.75, 3.05) is 18.1 Å². The van der Waals surface area contributed by atoms with Gasteiger partial charge in [0.15, 0.2) is 5.75 Å². The van der Waals surface area contributed by atoms with E-state index < -0.39 is 0 Å². The molecule has 6 nitrogen and oxygen atoms in total. The molecule has 1 aromatic carbocycles. The Kier molecular flexibility index (Phi) is 4.44. The molecule has 0 aromatic heterocycles. The average molecular weight is 279 g/mol. The first-order chi connectivity index (χ1) is 9.54. The minimum absolute atomic E-state index is 0.0525. The number of nitro benzene ring substituents is 1. The van der Waals surface area contributed by atoms with Crippen LogP contribution >= 0.6 is 0 Å². The molecular formula is C14H21N3O3. The number of rotatable bonds is 4. The molecule has 1 aliphatic rings. The minimum Gasteiger partial charge on any atom is -0.487 e. The molecule has 0 aliphatic carbocycles. The second-order valence-corrected chi connectivity index (χ2v) is 5.14. The van der Waals surface area contributed by atoms with Gasteiger partial charge in [0.25, 0.3) is 0 Å². The molecule has 1 fully saturated rings. The molecule has 2 N–H and O–H groups in total. The molecule has 0 amide bonds. The molecular weight excluding hydrogens is 258 g/mol. The zero-order valence-corrected chi connectivity index (χ0v) is 11.9. The first-order valence-electron chi connectivity index (χ1n) is 6.97. The number of hydrogen-bond acceptors (Lipinski definition) is 5. The molecule has 0 radical (unpaired) electrons. The highest BCUT2D eigenvalue weighted by atomic mass is 16.6. The fourth-order valence-corrected chi connectivity index (χ4v) is 2.76. The fraction of sp³-hybridized carbons (Fsp3) is 0.571. The van der Waals surface area contributed by atoms with Gasteiger partial charge in [-0.3, -0.25) is 10.1 Å². The van der Waals surface area contributed by atoms with Crippen LogP contribution in [0.1, 0.15) is 26.7 Å². The lowest BCUT2D eigenvalue weighted by atomic mass is 9.98. The van der Waals surface area contributed by atoms with E-state index >= 15 is 0 Å². The van der Waals surface area contributed by atoms with Gasteiger partial charge in [-0.15, -0.1) is 0 Å². The number of nitro groups is 1. The highest BCUT2D eigenvalue weighted by Crippen LogP contribution is 2.39. The smallest absolute Gasteiger partial charge is 0.333 e. The van der Waals surface area contributed by atoms with Crippen LogP contribution in [0, 0.1) is 10.1 Å². The van der Waals surface area contributed by atoms with Crippen molar-refractivity contribution in [3.8, 4) is 5.75 Å². The van der Waals surface area contributed by atoms with E-state index in [4.69, 9.17) is 10.5 Å². The van der Waals surface area contributed by atoms with Crippen LogP contribution in [-0.4, -0.2) is 30.2 Å². The van der Waals surface area contributed by atoms with Gasteiger partial charge in [-0.1, -0.05) is 6.07 Å². The number of nitrogens with two attached hydrogens (primary N) is 1. The lowest BCUT2D eigenvalue weighted by Gasteiger charge is -2.37. The molecule has 1 aromatic rings. The molecule has 1 aliphatic heterocycles. The maximum Gasteiger partial charge on any atom is 0.333 e. The van der Waals surface area contributed by atoms with Crippen LogP contribution in [-0.2, 0) is 0 Å². The van der Waals surface area contributed by atoms with Crippen molar-refractivity contribution in [2.45, 2.75) is 38.8 Å². The Morgan fingerprint density at radius 3 is 2.90 bits per heavy atom. The SMILES string of the molecule is CCOc1cccc(N2CCC(N)CC2C)c1[N+](=O)[O-]. The van der Waals surface area contributed by atoms with E-state index in [0.29, 0.717) is 18.0 Å². The summed E-state index contributed by atoms with van der Waals surface area (Å²) in [6.07, 6.45) is 1.69. The van der Waals surface area contributed by atoms with E-state index in [9.17, 15) is 10.1 Å². The number of benzene rings is 1. The highest BCUT2D eigenvalue weighted by molar-refractivity contribution is 5.70. The number of ether oxygens (including phenoxy) is 1. The first-order valence-corrected chi connectivity index (χ1v) is 6.97.